The maximum atomic E-state index is 3.76. The average molecular weight is 173 g/mol. The molecule has 0 fully saturated rings. The van der Waals surface area contributed by atoms with Crippen LogP contribution in [0.15, 0.2) is 5.16 Å². The Labute approximate surface area is 69.5 Å². The third-order valence-corrected chi connectivity index (χ3v) is 2.49. The first kappa shape index (κ1) is 8.48. The van der Waals surface area contributed by atoms with E-state index in [0.29, 0.717) is 5.37 Å². The van der Waals surface area contributed by atoms with Gasteiger partial charge in [0.25, 0.3) is 0 Å². The number of H-pyrrole nitrogens is 1. The topological polar surface area (TPSA) is 57.7 Å². The van der Waals surface area contributed by atoms with Gasteiger partial charge in [-0.3, -0.25) is 4.90 Å². The van der Waals surface area contributed by atoms with E-state index in [0.717, 1.165) is 5.16 Å². The summed E-state index contributed by atoms with van der Waals surface area (Å²) >= 11 is 1.59. The second-order valence-corrected chi connectivity index (χ2v) is 3.69. The summed E-state index contributed by atoms with van der Waals surface area (Å²) in [6, 6.07) is 0. The summed E-state index contributed by atoms with van der Waals surface area (Å²) < 4.78 is 0. The molecule has 0 saturated heterocycles. The van der Waals surface area contributed by atoms with Gasteiger partial charge >= 0.3 is 0 Å². The monoisotopic (exact) mass is 173 g/mol. The lowest BCUT2D eigenvalue weighted by molar-refractivity contribution is 0.402. The van der Waals surface area contributed by atoms with Gasteiger partial charge in [-0.15, -0.1) is 5.10 Å². The first-order valence-electron chi connectivity index (χ1n) is 3.27. The molecule has 1 rings (SSSR count). The molecule has 1 unspecified atom stereocenters. The molecule has 6 heteroatoms. The smallest absolute Gasteiger partial charge is 0.208 e. The van der Waals surface area contributed by atoms with Crippen LogP contribution < -0.4 is 0 Å². The first-order valence-corrected chi connectivity index (χ1v) is 4.15. The van der Waals surface area contributed by atoms with Crippen molar-refractivity contribution in [1.29, 1.82) is 0 Å². The summed E-state index contributed by atoms with van der Waals surface area (Å²) in [7, 11) is 4.03. The Bertz CT molecular complexity index is 197. The Morgan fingerprint density at radius 2 is 2.27 bits per heavy atom. The summed E-state index contributed by atoms with van der Waals surface area (Å²) in [6.45, 7) is 2.09. The van der Waals surface area contributed by atoms with Crippen LogP contribution in [0.2, 0.25) is 0 Å². The molecule has 0 aliphatic rings. The number of nitrogens with zero attached hydrogens (tertiary/aromatic N) is 4. The quantitative estimate of drug-likeness (QED) is 0.522. The van der Waals surface area contributed by atoms with E-state index < -0.39 is 0 Å². The van der Waals surface area contributed by atoms with Crippen molar-refractivity contribution in [2.75, 3.05) is 14.1 Å². The van der Waals surface area contributed by atoms with Crippen molar-refractivity contribution in [3.05, 3.63) is 0 Å². The molecule has 0 aliphatic carbocycles. The highest BCUT2D eigenvalue weighted by Crippen LogP contribution is 2.18. The molecule has 11 heavy (non-hydrogen) atoms. The molecule has 1 aromatic rings. The second-order valence-electron chi connectivity index (χ2n) is 2.39. The van der Waals surface area contributed by atoms with Crippen molar-refractivity contribution >= 4 is 11.8 Å². The number of hydrogen-bond donors (Lipinski definition) is 1. The van der Waals surface area contributed by atoms with Crippen molar-refractivity contribution in [3.8, 4) is 0 Å². The van der Waals surface area contributed by atoms with Crippen LogP contribution in [-0.4, -0.2) is 45.0 Å². The third kappa shape index (κ3) is 2.47. The number of tetrazole rings is 1. The number of aromatic nitrogens is 4. The summed E-state index contributed by atoms with van der Waals surface area (Å²) in [6.07, 6.45) is 0. The molecule has 5 nitrogen and oxygen atoms in total. The van der Waals surface area contributed by atoms with Crippen molar-refractivity contribution in [3.63, 3.8) is 0 Å². The Morgan fingerprint density at radius 3 is 2.73 bits per heavy atom. The molecule has 1 heterocycles. The van der Waals surface area contributed by atoms with Crippen LogP contribution in [-0.2, 0) is 0 Å². The van der Waals surface area contributed by atoms with Crippen LogP contribution in [0.1, 0.15) is 6.92 Å². The molecular weight excluding hydrogens is 162 g/mol. The van der Waals surface area contributed by atoms with E-state index in [2.05, 4.69) is 32.4 Å². The first-order chi connectivity index (χ1) is 5.20. The Morgan fingerprint density at radius 1 is 1.55 bits per heavy atom. The maximum Gasteiger partial charge on any atom is 0.208 e. The predicted octanol–water partition coefficient (Wildman–Crippen LogP) is 0.199. The molecule has 0 aromatic carbocycles. The van der Waals surface area contributed by atoms with Gasteiger partial charge in [0.1, 0.15) is 0 Å². The lowest BCUT2D eigenvalue weighted by atomic mass is 10.7. The van der Waals surface area contributed by atoms with Crippen LogP contribution in [0.25, 0.3) is 0 Å². The van der Waals surface area contributed by atoms with Gasteiger partial charge < -0.3 is 0 Å². The number of aromatic amines is 1. The zero-order chi connectivity index (χ0) is 8.27. The number of nitrogens with one attached hydrogen (secondary N) is 1. The molecule has 0 aliphatic heterocycles. The van der Waals surface area contributed by atoms with Crippen molar-refractivity contribution in [2.24, 2.45) is 0 Å². The molecular formula is C5H11N5S. The molecule has 0 saturated carbocycles. The minimum Gasteiger partial charge on any atom is -0.297 e. The largest absolute Gasteiger partial charge is 0.297 e. The Balaban J connectivity index is 2.43. The van der Waals surface area contributed by atoms with Gasteiger partial charge in [-0.1, -0.05) is 11.8 Å². The lowest BCUT2D eigenvalue weighted by Crippen LogP contribution is -2.21. The van der Waals surface area contributed by atoms with Gasteiger partial charge in [0, 0.05) is 0 Å². The molecule has 1 N–H and O–H groups in total. The highest BCUT2D eigenvalue weighted by Gasteiger charge is 2.08. The summed E-state index contributed by atoms with van der Waals surface area (Å²) in [5.74, 6) is 0. The predicted molar refractivity (Wildman–Crippen MR) is 43.2 cm³/mol. The van der Waals surface area contributed by atoms with Crippen molar-refractivity contribution < 1.29 is 0 Å². The van der Waals surface area contributed by atoms with Crippen LogP contribution in [0.5, 0.6) is 0 Å². The van der Waals surface area contributed by atoms with Crippen LogP contribution in [0.4, 0.5) is 0 Å². The van der Waals surface area contributed by atoms with Gasteiger partial charge in [-0.05, 0) is 31.4 Å². The zero-order valence-electron chi connectivity index (χ0n) is 6.77. The van der Waals surface area contributed by atoms with E-state index in [1.165, 1.54) is 0 Å². The standard InChI is InChI=1S/C5H11N5S/c1-4(10(2)3)11-5-6-8-9-7-5/h4H,1-3H3,(H,6,7,8,9). The van der Waals surface area contributed by atoms with Crippen molar-refractivity contribution in [2.45, 2.75) is 17.5 Å². The van der Waals surface area contributed by atoms with Gasteiger partial charge in [0.2, 0.25) is 5.16 Å². The highest BCUT2D eigenvalue weighted by molar-refractivity contribution is 7.99. The van der Waals surface area contributed by atoms with Gasteiger partial charge in [0.15, 0.2) is 0 Å². The number of hydrogen-bond acceptors (Lipinski definition) is 5. The highest BCUT2D eigenvalue weighted by atomic mass is 32.2. The fraction of sp³-hybridized carbons (Fsp3) is 0.800. The number of rotatable bonds is 3. The van der Waals surface area contributed by atoms with E-state index in [1.807, 2.05) is 14.1 Å². The number of thioether (sulfide) groups is 1. The third-order valence-electron chi connectivity index (χ3n) is 1.34. The minimum atomic E-state index is 0.379. The van der Waals surface area contributed by atoms with E-state index in [9.17, 15) is 0 Å². The van der Waals surface area contributed by atoms with Crippen LogP contribution in [0.3, 0.4) is 0 Å². The lowest BCUT2D eigenvalue weighted by Gasteiger charge is -2.16. The fourth-order valence-corrected chi connectivity index (χ4v) is 1.18. The van der Waals surface area contributed by atoms with Crippen LogP contribution in [0, 0.1) is 0 Å². The fourth-order valence-electron chi connectivity index (χ4n) is 0.467. The van der Waals surface area contributed by atoms with Gasteiger partial charge in [-0.25, -0.2) is 5.10 Å². The molecule has 0 radical (unpaired) electrons. The molecule has 0 bridgehead atoms. The van der Waals surface area contributed by atoms with E-state index in [1.54, 1.807) is 11.8 Å². The maximum absolute atomic E-state index is 3.76. The molecule has 0 amide bonds. The summed E-state index contributed by atoms with van der Waals surface area (Å²) in [5.41, 5.74) is 0. The second kappa shape index (κ2) is 3.68. The van der Waals surface area contributed by atoms with Crippen LogP contribution >= 0.6 is 11.8 Å². The minimum absolute atomic E-state index is 0.379. The zero-order valence-corrected chi connectivity index (χ0v) is 7.59. The molecule has 1 aromatic heterocycles. The Hall–Kier alpha value is -0.620. The summed E-state index contributed by atoms with van der Waals surface area (Å²) in [4.78, 5) is 2.09. The molecule has 1 atom stereocenters. The molecule has 0 spiro atoms. The Kier molecular flexibility index (Phi) is 2.84. The van der Waals surface area contributed by atoms with Gasteiger partial charge in [-0.2, -0.15) is 0 Å². The SMILES string of the molecule is CC(Sc1nnn[nH]1)N(C)C. The van der Waals surface area contributed by atoms with Gasteiger partial charge in [0.05, 0.1) is 5.37 Å². The average Bonchev–Trinajstić information content (AvgIpc) is 2.39. The normalized spacial score (nSPS) is 13.8. The van der Waals surface area contributed by atoms with Crippen molar-refractivity contribution in [1.82, 2.24) is 25.5 Å². The van der Waals surface area contributed by atoms with E-state index >= 15 is 0 Å². The molecule has 62 valence electrons. The van der Waals surface area contributed by atoms with E-state index in [4.69, 9.17) is 0 Å². The summed E-state index contributed by atoms with van der Waals surface area (Å²) in [5, 5.41) is 14.5. The van der Waals surface area contributed by atoms with E-state index in [-0.39, 0.29) is 0 Å².